The van der Waals surface area contributed by atoms with E-state index in [0.29, 0.717) is 25.4 Å². The summed E-state index contributed by atoms with van der Waals surface area (Å²) in [7, 11) is 0. The van der Waals surface area contributed by atoms with Crippen LogP contribution in [0.4, 0.5) is 0 Å². The molecule has 1 N–H and O–H groups in total. The van der Waals surface area contributed by atoms with Gasteiger partial charge in [0.1, 0.15) is 5.75 Å². The van der Waals surface area contributed by atoms with E-state index in [1.807, 2.05) is 61.5 Å². The highest BCUT2D eigenvalue weighted by molar-refractivity contribution is 5.39. The number of phenolic OH excluding ortho intramolecular Hbond substituents is 1. The van der Waals surface area contributed by atoms with Crippen molar-refractivity contribution in [1.82, 2.24) is 14.9 Å². The van der Waals surface area contributed by atoms with Crippen molar-refractivity contribution in [2.75, 3.05) is 0 Å². The number of nitrogens with zero attached hydrogens (tertiary/aromatic N) is 3. The molecule has 0 aliphatic carbocycles. The fraction of sp³-hybridized carbons (Fsp3) is 0.200. The van der Waals surface area contributed by atoms with Gasteiger partial charge in [0.05, 0.1) is 11.4 Å². The van der Waals surface area contributed by atoms with E-state index in [-0.39, 0.29) is 0 Å². The molecule has 2 aromatic heterocycles. The topological polar surface area (TPSA) is 49.2 Å². The summed E-state index contributed by atoms with van der Waals surface area (Å²) in [5, 5.41) is 10.3. The molecule has 0 fully saturated rings. The van der Waals surface area contributed by atoms with Gasteiger partial charge in [0.15, 0.2) is 0 Å². The van der Waals surface area contributed by atoms with Crippen LogP contribution in [-0.2, 0) is 19.6 Å². The molecule has 0 saturated heterocycles. The van der Waals surface area contributed by atoms with E-state index >= 15 is 0 Å². The molecular formula is C20H21N3O. The number of benzene rings is 1. The van der Waals surface area contributed by atoms with E-state index in [9.17, 15) is 5.11 Å². The first-order chi connectivity index (χ1) is 11.7. The number of rotatable bonds is 6. The van der Waals surface area contributed by atoms with E-state index in [4.69, 9.17) is 0 Å². The van der Waals surface area contributed by atoms with Crippen LogP contribution in [0.3, 0.4) is 0 Å². The number of aromatic hydroxyl groups is 1. The van der Waals surface area contributed by atoms with Gasteiger partial charge < -0.3 is 5.11 Å². The summed E-state index contributed by atoms with van der Waals surface area (Å²) in [4.78, 5) is 11.1. The number of aromatic nitrogens is 2. The SMILES string of the molecule is Cc1cccc(CN(Cc2ccccn2)Cc2ccccn2)c1O. The number of pyridine rings is 2. The molecule has 4 nitrogen and oxygen atoms in total. The lowest BCUT2D eigenvalue weighted by atomic mass is 10.1. The molecule has 0 atom stereocenters. The van der Waals surface area contributed by atoms with E-state index < -0.39 is 0 Å². The van der Waals surface area contributed by atoms with E-state index in [0.717, 1.165) is 22.5 Å². The van der Waals surface area contributed by atoms with Crippen molar-refractivity contribution in [3.05, 3.63) is 89.5 Å². The van der Waals surface area contributed by atoms with Gasteiger partial charge in [-0.05, 0) is 36.8 Å². The molecule has 0 radical (unpaired) electrons. The second-order valence-corrected chi connectivity index (χ2v) is 5.87. The molecule has 3 rings (SSSR count). The Bertz CT molecular complexity index is 734. The van der Waals surface area contributed by atoms with Gasteiger partial charge >= 0.3 is 0 Å². The number of phenols is 1. The number of aryl methyl sites for hydroxylation is 1. The molecule has 0 saturated carbocycles. The molecule has 0 aliphatic rings. The van der Waals surface area contributed by atoms with Crippen LogP contribution >= 0.6 is 0 Å². The summed E-state index contributed by atoms with van der Waals surface area (Å²) < 4.78 is 0. The third-order valence-corrected chi connectivity index (χ3v) is 3.94. The minimum atomic E-state index is 0.365. The average molecular weight is 319 g/mol. The molecule has 3 aromatic rings. The van der Waals surface area contributed by atoms with Crippen LogP contribution in [0.2, 0.25) is 0 Å². The molecule has 24 heavy (non-hydrogen) atoms. The molecule has 0 amide bonds. The monoisotopic (exact) mass is 319 g/mol. The quantitative estimate of drug-likeness (QED) is 0.753. The molecule has 0 unspecified atom stereocenters. The minimum Gasteiger partial charge on any atom is -0.507 e. The van der Waals surface area contributed by atoms with Crippen molar-refractivity contribution in [2.24, 2.45) is 0 Å². The highest BCUT2D eigenvalue weighted by Gasteiger charge is 2.12. The third kappa shape index (κ3) is 4.18. The summed E-state index contributed by atoms with van der Waals surface area (Å²) >= 11 is 0. The normalized spacial score (nSPS) is 10.9. The predicted molar refractivity (Wildman–Crippen MR) is 94.3 cm³/mol. The molecule has 2 heterocycles. The number of hydrogen-bond donors (Lipinski definition) is 1. The fourth-order valence-corrected chi connectivity index (χ4v) is 2.70. The highest BCUT2D eigenvalue weighted by atomic mass is 16.3. The van der Waals surface area contributed by atoms with Crippen LogP contribution in [0, 0.1) is 6.92 Å². The Morgan fingerprint density at radius 1 is 0.792 bits per heavy atom. The summed E-state index contributed by atoms with van der Waals surface area (Å²) in [6.45, 7) is 3.96. The Morgan fingerprint density at radius 3 is 1.96 bits per heavy atom. The van der Waals surface area contributed by atoms with Crippen molar-refractivity contribution in [3.63, 3.8) is 0 Å². The predicted octanol–water partition coefficient (Wildman–Crippen LogP) is 3.69. The second-order valence-electron chi connectivity index (χ2n) is 5.87. The van der Waals surface area contributed by atoms with Gasteiger partial charge in [-0.25, -0.2) is 0 Å². The Morgan fingerprint density at radius 2 is 1.42 bits per heavy atom. The standard InChI is InChI=1S/C20H21N3O/c1-16-7-6-8-17(20(16)24)13-23(14-18-9-2-4-11-21-18)15-19-10-3-5-12-22-19/h2-12,24H,13-15H2,1H3. The summed E-state index contributed by atoms with van der Waals surface area (Å²) in [5.41, 5.74) is 3.81. The van der Waals surface area contributed by atoms with Crippen LogP contribution in [0.5, 0.6) is 5.75 Å². The van der Waals surface area contributed by atoms with Gasteiger partial charge in [-0.15, -0.1) is 0 Å². The van der Waals surface area contributed by atoms with Crippen LogP contribution in [0.25, 0.3) is 0 Å². The first kappa shape index (κ1) is 16.1. The van der Waals surface area contributed by atoms with Crippen molar-refractivity contribution < 1.29 is 5.11 Å². The lowest BCUT2D eigenvalue weighted by Crippen LogP contribution is -2.23. The highest BCUT2D eigenvalue weighted by Crippen LogP contribution is 2.24. The van der Waals surface area contributed by atoms with E-state index in [1.54, 1.807) is 12.4 Å². The number of para-hydroxylation sites is 1. The lowest BCUT2D eigenvalue weighted by Gasteiger charge is -2.22. The van der Waals surface area contributed by atoms with Crippen LogP contribution in [0.1, 0.15) is 22.5 Å². The smallest absolute Gasteiger partial charge is 0.122 e. The first-order valence-corrected chi connectivity index (χ1v) is 8.02. The summed E-state index contributed by atoms with van der Waals surface area (Å²) in [6, 6.07) is 17.7. The van der Waals surface area contributed by atoms with Gasteiger partial charge in [-0.2, -0.15) is 0 Å². The van der Waals surface area contributed by atoms with Gasteiger partial charge in [0.2, 0.25) is 0 Å². The first-order valence-electron chi connectivity index (χ1n) is 8.02. The Labute approximate surface area is 142 Å². The summed E-state index contributed by atoms with van der Waals surface area (Å²) in [6.07, 6.45) is 3.61. The fourth-order valence-electron chi connectivity index (χ4n) is 2.70. The molecule has 1 aromatic carbocycles. The summed E-state index contributed by atoms with van der Waals surface area (Å²) in [5.74, 6) is 0.365. The van der Waals surface area contributed by atoms with Gasteiger partial charge in [-0.1, -0.05) is 30.3 Å². The van der Waals surface area contributed by atoms with Gasteiger partial charge in [0, 0.05) is 37.6 Å². The van der Waals surface area contributed by atoms with Crippen molar-refractivity contribution in [1.29, 1.82) is 0 Å². The van der Waals surface area contributed by atoms with Gasteiger partial charge in [0.25, 0.3) is 0 Å². The van der Waals surface area contributed by atoms with E-state index in [2.05, 4.69) is 14.9 Å². The van der Waals surface area contributed by atoms with Crippen molar-refractivity contribution in [3.8, 4) is 5.75 Å². The van der Waals surface area contributed by atoms with Crippen LogP contribution in [-0.4, -0.2) is 20.0 Å². The minimum absolute atomic E-state index is 0.365. The maximum Gasteiger partial charge on any atom is 0.122 e. The molecule has 0 spiro atoms. The van der Waals surface area contributed by atoms with Gasteiger partial charge in [-0.3, -0.25) is 14.9 Å². The zero-order valence-electron chi connectivity index (χ0n) is 13.8. The Hall–Kier alpha value is -2.72. The molecule has 0 bridgehead atoms. The van der Waals surface area contributed by atoms with Crippen LogP contribution in [0.15, 0.2) is 67.0 Å². The molecule has 122 valence electrons. The lowest BCUT2D eigenvalue weighted by molar-refractivity contribution is 0.238. The number of hydrogen-bond acceptors (Lipinski definition) is 4. The largest absolute Gasteiger partial charge is 0.507 e. The molecular weight excluding hydrogens is 298 g/mol. The third-order valence-electron chi connectivity index (χ3n) is 3.94. The average Bonchev–Trinajstić information content (AvgIpc) is 2.61. The van der Waals surface area contributed by atoms with E-state index in [1.165, 1.54) is 0 Å². The Balaban J connectivity index is 1.82. The molecule has 0 aliphatic heterocycles. The zero-order valence-corrected chi connectivity index (χ0v) is 13.8. The maximum absolute atomic E-state index is 10.3. The van der Waals surface area contributed by atoms with Crippen molar-refractivity contribution >= 4 is 0 Å². The maximum atomic E-state index is 10.3. The van der Waals surface area contributed by atoms with Crippen LogP contribution < -0.4 is 0 Å². The zero-order chi connectivity index (χ0) is 16.8. The second kappa shape index (κ2) is 7.70. The van der Waals surface area contributed by atoms with Crippen molar-refractivity contribution in [2.45, 2.75) is 26.6 Å². The Kier molecular flexibility index (Phi) is 5.18. The molecule has 4 heteroatoms.